The number of amides is 1. The van der Waals surface area contributed by atoms with Crippen molar-refractivity contribution in [1.82, 2.24) is 9.80 Å². The first-order chi connectivity index (χ1) is 13.0. The van der Waals surface area contributed by atoms with Crippen molar-refractivity contribution in [1.29, 1.82) is 5.41 Å². The molecule has 1 saturated heterocycles. The highest BCUT2D eigenvalue weighted by atomic mass is 32.2. The van der Waals surface area contributed by atoms with Gasteiger partial charge >= 0.3 is 0 Å². The molecule has 0 bridgehead atoms. The average Bonchev–Trinajstić information content (AvgIpc) is 3.18. The number of carbonyl (C=O) groups excluding carboxylic acids is 1. The highest BCUT2D eigenvalue weighted by molar-refractivity contribution is 8.19. The lowest BCUT2D eigenvalue weighted by Gasteiger charge is -2.19. The van der Waals surface area contributed by atoms with Gasteiger partial charge in [-0.3, -0.25) is 15.1 Å². The van der Waals surface area contributed by atoms with Gasteiger partial charge in [0.1, 0.15) is 10.7 Å². The van der Waals surface area contributed by atoms with Crippen molar-refractivity contribution in [2.45, 2.75) is 6.54 Å². The van der Waals surface area contributed by atoms with Gasteiger partial charge in [-0.05, 0) is 47.2 Å². The monoisotopic (exact) mass is 395 g/mol. The van der Waals surface area contributed by atoms with E-state index in [1.54, 1.807) is 12.1 Å². The molecule has 2 aliphatic heterocycles. The van der Waals surface area contributed by atoms with Crippen molar-refractivity contribution in [3.8, 4) is 5.75 Å². The van der Waals surface area contributed by atoms with E-state index in [4.69, 9.17) is 5.41 Å². The molecule has 2 aromatic rings. The number of aromatic hydroxyl groups is 1. The Bertz CT molecular complexity index is 968. The van der Waals surface area contributed by atoms with E-state index in [1.807, 2.05) is 59.8 Å². The zero-order chi connectivity index (χ0) is 19.0. The maximum atomic E-state index is 13.0. The molecule has 0 saturated carbocycles. The molecule has 136 valence electrons. The molecule has 2 heterocycles. The minimum absolute atomic E-state index is 0.136. The summed E-state index contributed by atoms with van der Waals surface area (Å²) in [7, 11) is 1.92. The van der Waals surface area contributed by atoms with E-state index in [1.165, 1.54) is 28.4 Å². The van der Waals surface area contributed by atoms with E-state index in [0.29, 0.717) is 11.4 Å². The lowest BCUT2D eigenvalue weighted by molar-refractivity contribution is -0.122. The first kappa shape index (κ1) is 17.8. The van der Waals surface area contributed by atoms with Crippen molar-refractivity contribution < 1.29 is 9.90 Å². The van der Waals surface area contributed by atoms with Crippen LogP contribution in [0.1, 0.15) is 11.1 Å². The average molecular weight is 396 g/mol. The summed E-state index contributed by atoms with van der Waals surface area (Å²) < 4.78 is 0. The van der Waals surface area contributed by atoms with Crippen LogP contribution < -0.4 is 0 Å². The number of nitrogens with zero attached hydrogens (tertiary/aromatic N) is 2. The minimum atomic E-state index is -0.136. The van der Waals surface area contributed by atoms with E-state index in [9.17, 15) is 9.90 Å². The Balaban J connectivity index is 1.58. The van der Waals surface area contributed by atoms with Crippen molar-refractivity contribution in [3.63, 3.8) is 0 Å². The zero-order valence-corrected chi connectivity index (χ0v) is 16.2. The smallest absolute Gasteiger partial charge is 0.269 e. The second-order valence-electron chi connectivity index (χ2n) is 6.15. The van der Waals surface area contributed by atoms with Crippen molar-refractivity contribution >= 4 is 40.3 Å². The normalized spacial score (nSPS) is 19.8. The van der Waals surface area contributed by atoms with Crippen LogP contribution in [0.15, 0.2) is 69.9 Å². The molecule has 2 aliphatic rings. The van der Waals surface area contributed by atoms with Crippen LogP contribution in [0.3, 0.4) is 0 Å². The Hall–Kier alpha value is -2.64. The predicted octanol–water partition coefficient (Wildman–Crippen LogP) is 4.25. The molecule has 0 spiro atoms. The molecule has 0 aliphatic carbocycles. The van der Waals surface area contributed by atoms with Crippen molar-refractivity contribution in [3.05, 3.63) is 81.1 Å². The fourth-order valence-corrected chi connectivity index (χ4v) is 5.04. The Labute approximate surface area is 165 Å². The number of phenols is 1. The third kappa shape index (κ3) is 3.36. The van der Waals surface area contributed by atoms with Crippen LogP contribution in [0.25, 0.3) is 5.70 Å². The first-order valence-electron chi connectivity index (χ1n) is 8.31. The van der Waals surface area contributed by atoms with Gasteiger partial charge in [0, 0.05) is 12.5 Å². The summed E-state index contributed by atoms with van der Waals surface area (Å²) in [4.78, 5) is 17.0. The van der Waals surface area contributed by atoms with Crippen LogP contribution >= 0.6 is 23.5 Å². The van der Waals surface area contributed by atoms with Gasteiger partial charge in [0.2, 0.25) is 0 Å². The van der Waals surface area contributed by atoms with E-state index >= 15 is 0 Å². The quantitative estimate of drug-likeness (QED) is 0.761. The lowest BCUT2D eigenvalue weighted by Crippen LogP contribution is -2.28. The first-order valence-corrected chi connectivity index (χ1v) is 10.0. The van der Waals surface area contributed by atoms with Gasteiger partial charge in [0.25, 0.3) is 5.91 Å². The van der Waals surface area contributed by atoms with Gasteiger partial charge in [0.15, 0.2) is 5.17 Å². The molecule has 7 heteroatoms. The highest BCUT2D eigenvalue weighted by Crippen LogP contribution is 2.45. The number of carbonyl (C=O) groups is 1. The third-order valence-corrected chi connectivity index (χ3v) is 6.53. The van der Waals surface area contributed by atoms with E-state index in [2.05, 4.69) is 0 Å². The summed E-state index contributed by atoms with van der Waals surface area (Å²) >= 11 is 2.69. The summed E-state index contributed by atoms with van der Waals surface area (Å²) in [5, 5.41) is 20.8. The van der Waals surface area contributed by atoms with Crippen molar-refractivity contribution in [2.24, 2.45) is 0 Å². The van der Waals surface area contributed by atoms with Crippen LogP contribution in [-0.4, -0.2) is 33.0 Å². The maximum absolute atomic E-state index is 13.0. The fraction of sp³-hybridized carbons (Fsp3) is 0.100. The molecule has 0 unspecified atom stereocenters. The minimum Gasteiger partial charge on any atom is -0.508 e. The van der Waals surface area contributed by atoms with Crippen LogP contribution in [0, 0.1) is 5.41 Å². The van der Waals surface area contributed by atoms with Gasteiger partial charge in [-0.25, -0.2) is 0 Å². The van der Waals surface area contributed by atoms with Gasteiger partial charge in [-0.2, -0.15) is 0 Å². The van der Waals surface area contributed by atoms with E-state index < -0.39 is 0 Å². The molecule has 27 heavy (non-hydrogen) atoms. The molecule has 0 atom stereocenters. The molecule has 0 aromatic heterocycles. The zero-order valence-electron chi connectivity index (χ0n) is 14.5. The van der Waals surface area contributed by atoms with Gasteiger partial charge < -0.3 is 10.0 Å². The lowest BCUT2D eigenvalue weighted by atomic mass is 10.1. The summed E-state index contributed by atoms with van der Waals surface area (Å²) in [6, 6.07) is 16.7. The van der Waals surface area contributed by atoms with Gasteiger partial charge in [-0.1, -0.05) is 42.1 Å². The number of thioether (sulfide) groups is 2. The number of rotatable bonds is 3. The number of phenolic OH excluding ortho intramolecular Hbond substituents is 1. The van der Waals surface area contributed by atoms with Crippen LogP contribution in [-0.2, 0) is 11.3 Å². The number of hydrogen-bond donors (Lipinski definition) is 2. The molecule has 0 radical (unpaired) electrons. The standard InChI is InChI=1S/C20H17N3O2S2/c1-22-16(14-7-9-15(24)10-8-14)12-26-19(22)17-18(25)23(20(21)27-17)11-13-5-3-2-4-6-13/h2-10,12,21,24H,11H2,1H3/b19-17-,21-20?. The van der Waals surface area contributed by atoms with Crippen LogP contribution in [0.5, 0.6) is 5.75 Å². The van der Waals surface area contributed by atoms with Crippen molar-refractivity contribution in [2.75, 3.05) is 7.05 Å². The Morgan fingerprint density at radius 3 is 2.48 bits per heavy atom. The summed E-state index contributed by atoms with van der Waals surface area (Å²) in [6.45, 7) is 0.398. The molecule has 1 fully saturated rings. The highest BCUT2D eigenvalue weighted by Gasteiger charge is 2.37. The summed E-state index contributed by atoms with van der Waals surface area (Å²) in [5.74, 6) is 0.0846. The topological polar surface area (TPSA) is 67.6 Å². The molecular weight excluding hydrogens is 378 g/mol. The summed E-state index contributed by atoms with van der Waals surface area (Å²) in [6.07, 6.45) is 0. The Morgan fingerprint density at radius 1 is 1.07 bits per heavy atom. The molecular formula is C20H17N3O2S2. The van der Waals surface area contributed by atoms with Crippen LogP contribution in [0.2, 0.25) is 0 Å². The second-order valence-corrected chi connectivity index (χ2v) is 8.00. The fourth-order valence-electron chi connectivity index (χ4n) is 2.93. The maximum Gasteiger partial charge on any atom is 0.269 e. The predicted molar refractivity (Wildman–Crippen MR) is 111 cm³/mol. The molecule has 2 aromatic carbocycles. The molecule has 1 amide bonds. The van der Waals surface area contributed by atoms with E-state index in [0.717, 1.165) is 21.9 Å². The number of benzene rings is 2. The summed E-state index contributed by atoms with van der Waals surface area (Å²) in [5.41, 5.74) is 2.92. The number of amidine groups is 1. The van der Waals surface area contributed by atoms with E-state index in [-0.39, 0.29) is 16.8 Å². The SMILES string of the molecule is CN1C(c2ccc(O)cc2)=CS/C1=C1\SC(=N)N(Cc2ccccc2)C1=O. The molecule has 4 rings (SSSR count). The Morgan fingerprint density at radius 2 is 1.78 bits per heavy atom. The largest absolute Gasteiger partial charge is 0.508 e. The van der Waals surface area contributed by atoms with Gasteiger partial charge in [0.05, 0.1) is 17.3 Å². The third-order valence-electron chi connectivity index (χ3n) is 4.37. The molecule has 5 nitrogen and oxygen atoms in total. The Kier molecular flexibility index (Phi) is 4.72. The number of hydrogen-bond acceptors (Lipinski definition) is 6. The second kappa shape index (κ2) is 7.17. The molecule has 2 N–H and O–H groups in total. The van der Waals surface area contributed by atoms with Gasteiger partial charge in [-0.15, -0.1) is 0 Å². The number of nitrogens with one attached hydrogen (secondary N) is 1. The van der Waals surface area contributed by atoms with Crippen LogP contribution in [0.4, 0.5) is 0 Å².